The molecule has 0 bridgehead atoms. The van der Waals surface area contributed by atoms with Crippen molar-refractivity contribution in [3.05, 3.63) is 11.8 Å². The number of hydrogen-bond donors (Lipinski definition) is 2. The van der Waals surface area contributed by atoms with Crippen LogP contribution in [0.25, 0.3) is 0 Å². The third-order valence-corrected chi connectivity index (χ3v) is 1.94. The van der Waals surface area contributed by atoms with Gasteiger partial charge in [0.05, 0.1) is 0 Å². The predicted octanol–water partition coefficient (Wildman–Crippen LogP) is 0.809. The van der Waals surface area contributed by atoms with Crippen LogP contribution in [0.5, 0.6) is 0 Å². The molecule has 0 radical (unpaired) electrons. The summed E-state index contributed by atoms with van der Waals surface area (Å²) < 4.78 is 1.40. The second kappa shape index (κ2) is 3.47. The van der Waals surface area contributed by atoms with Gasteiger partial charge in [-0.2, -0.15) is 5.10 Å². The number of anilines is 1. The fourth-order valence-electron chi connectivity index (χ4n) is 1.13. The van der Waals surface area contributed by atoms with E-state index in [4.69, 9.17) is 10.8 Å². The Kier molecular flexibility index (Phi) is 2.55. The fraction of sp³-hybridized carbons (Fsp3) is 0.500. The molecule has 13 heavy (non-hydrogen) atoms. The van der Waals surface area contributed by atoms with Gasteiger partial charge in [-0.25, -0.2) is 4.79 Å². The van der Waals surface area contributed by atoms with Gasteiger partial charge in [0.25, 0.3) is 0 Å². The van der Waals surface area contributed by atoms with E-state index in [0.29, 0.717) is 12.2 Å². The van der Waals surface area contributed by atoms with E-state index >= 15 is 0 Å². The largest absolute Gasteiger partial charge is 0.480 e. The van der Waals surface area contributed by atoms with Crippen LogP contribution in [-0.4, -0.2) is 20.9 Å². The monoisotopic (exact) mass is 183 g/mol. The molecule has 0 aliphatic rings. The molecular formula is C8H13N3O2. The Bertz CT molecular complexity index is 300. The molecule has 5 heteroatoms. The van der Waals surface area contributed by atoms with E-state index in [1.165, 1.54) is 4.68 Å². The highest BCUT2D eigenvalue weighted by atomic mass is 16.4. The van der Waals surface area contributed by atoms with Crippen LogP contribution in [0.3, 0.4) is 0 Å². The Labute approximate surface area is 76.2 Å². The maximum absolute atomic E-state index is 10.7. The maximum Gasteiger partial charge on any atom is 0.328 e. The van der Waals surface area contributed by atoms with Gasteiger partial charge in [-0.1, -0.05) is 6.92 Å². The molecule has 0 saturated heterocycles. The van der Waals surface area contributed by atoms with Crippen molar-refractivity contribution in [2.45, 2.75) is 26.3 Å². The summed E-state index contributed by atoms with van der Waals surface area (Å²) in [6.07, 6.45) is 2.15. The van der Waals surface area contributed by atoms with Crippen molar-refractivity contribution in [3.8, 4) is 0 Å². The average molecular weight is 183 g/mol. The molecule has 1 heterocycles. The van der Waals surface area contributed by atoms with E-state index in [0.717, 1.165) is 5.56 Å². The number of hydrogen-bond acceptors (Lipinski definition) is 3. The smallest absolute Gasteiger partial charge is 0.328 e. The standard InChI is InChI=1S/C8H13N3O2/c1-3-6(8(12)13)11-4-5(2)7(9)10-11/h4,6H,3H2,1-2H3,(H2,9,10)(H,12,13). The van der Waals surface area contributed by atoms with Crippen LogP contribution in [0.15, 0.2) is 6.20 Å². The number of carbonyl (C=O) groups is 1. The molecule has 1 aromatic rings. The van der Waals surface area contributed by atoms with Crippen LogP contribution in [0.4, 0.5) is 5.82 Å². The lowest BCUT2D eigenvalue weighted by Crippen LogP contribution is -2.18. The molecule has 0 aromatic carbocycles. The van der Waals surface area contributed by atoms with E-state index in [1.807, 2.05) is 0 Å². The van der Waals surface area contributed by atoms with Crippen molar-refractivity contribution in [2.24, 2.45) is 0 Å². The van der Waals surface area contributed by atoms with E-state index < -0.39 is 12.0 Å². The summed E-state index contributed by atoms with van der Waals surface area (Å²) in [5.74, 6) is -0.496. The quantitative estimate of drug-likeness (QED) is 0.726. The minimum atomic E-state index is -0.884. The number of nitrogens with two attached hydrogens (primary N) is 1. The molecule has 0 amide bonds. The summed E-state index contributed by atoms with van der Waals surface area (Å²) in [6, 6.07) is -0.615. The zero-order valence-electron chi connectivity index (χ0n) is 7.69. The van der Waals surface area contributed by atoms with Crippen LogP contribution in [-0.2, 0) is 4.79 Å². The van der Waals surface area contributed by atoms with Crippen LogP contribution < -0.4 is 5.73 Å². The van der Waals surface area contributed by atoms with Gasteiger partial charge in [0.15, 0.2) is 0 Å². The summed E-state index contributed by atoms with van der Waals surface area (Å²) in [6.45, 7) is 3.60. The van der Waals surface area contributed by atoms with Gasteiger partial charge in [0.1, 0.15) is 11.9 Å². The molecule has 0 aliphatic heterocycles. The first-order chi connectivity index (χ1) is 6.06. The van der Waals surface area contributed by atoms with Crippen LogP contribution in [0, 0.1) is 6.92 Å². The second-order valence-corrected chi connectivity index (χ2v) is 2.94. The third-order valence-electron chi connectivity index (χ3n) is 1.94. The Balaban J connectivity index is 2.98. The van der Waals surface area contributed by atoms with Gasteiger partial charge in [-0.15, -0.1) is 0 Å². The topological polar surface area (TPSA) is 81.1 Å². The highest BCUT2D eigenvalue weighted by Gasteiger charge is 2.18. The van der Waals surface area contributed by atoms with E-state index in [9.17, 15) is 4.79 Å². The Morgan fingerprint density at radius 3 is 2.77 bits per heavy atom. The van der Waals surface area contributed by atoms with Gasteiger partial charge in [-0.05, 0) is 13.3 Å². The van der Waals surface area contributed by atoms with Crippen molar-refractivity contribution in [1.82, 2.24) is 9.78 Å². The number of nitrogens with zero attached hydrogens (tertiary/aromatic N) is 2. The molecule has 0 spiro atoms. The summed E-state index contributed by atoms with van der Waals surface area (Å²) in [4.78, 5) is 10.7. The Morgan fingerprint density at radius 2 is 2.46 bits per heavy atom. The molecule has 0 saturated carbocycles. The first-order valence-corrected chi connectivity index (χ1v) is 4.10. The molecule has 0 fully saturated rings. The molecule has 3 N–H and O–H groups in total. The molecule has 1 unspecified atom stereocenters. The van der Waals surface area contributed by atoms with Crippen LogP contribution in [0.2, 0.25) is 0 Å². The van der Waals surface area contributed by atoms with E-state index in [1.54, 1.807) is 20.0 Å². The maximum atomic E-state index is 10.7. The molecular weight excluding hydrogens is 170 g/mol. The summed E-state index contributed by atoms with van der Waals surface area (Å²) in [5.41, 5.74) is 6.31. The number of aryl methyl sites for hydroxylation is 1. The SMILES string of the molecule is CCC(C(=O)O)n1cc(C)c(N)n1. The van der Waals surface area contributed by atoms with Gasteiger partial charge in [0, 0.05) is 11.8 Å². The van der Waals surface area contributed by atoms with E-state index in [2.05, 4.69) is 5.10 Å². The molecule has 72 valence electrons. The highest BCUT2D eigenvalue weighted by Crippen LogP contribution is 2.14. The second-order valence-electron chi connectivity index (χ2n) is 2.94. The zero-order valence-corrected chi connectivity index (χ0v) is 7.69. The molecule has 0 aliphatic carbocycles. The van der Waals surface area contributed by atoms with Crippen molar-refractivity contribution >= 4 is 11.8 Å². The Hall–Kier alpha value is -1.52. The molecule has 1 atom stereocenters. The summed E-state index contributed by atoms with van der Waals surface area (Å²) >= 11 is 0. The minimum Gasteiger partial charge on any atom is -0.480 e. The number of carboxylic acid groups (broad SMARTS) is 1. The van der Waals surface area contributed by atoms with Gasteiger partial charge >= 0.3 is 5.97 Å². The molecule has 1 rings (SSSR count). The van der Waals surface area contributed by atoms with Crippen molar-refractivity contribution in [3.63, 3.8) is 0 Å². The average Bonchev–Trinajstić information content (AvgIpc) is 2.32. The van der Waals surface area contributed by atoms with Crippen molar-refractivity contribution in [2.75, 3.05) is 5.73 Å². The van der Waals surface area contributed by atoms with E-state index in [-0.39, 0.29) is 0 Å². The first-order valence-electron chi connectivity index (χ1n) is 4.10. The number of rotatable bonds is 3. The lowest BCUT2D eigenvalue weighted by Gasteiger charge is -2.08. The summed E-state index contributed by atoms with van der Waals surface area (Å²) in [7, 11) is 0. The number of aliphatic carboxylic acids is 1. The van der Waals surface area contributed by atoms with Crippen molar-refractivity contribution < 1.29 is 9.90 Å². The lowest BCUT2D eigenvalue weighted by molar-refractivity contribution is -0.141. The fourth-order valence-corrected chi connectivity index (χ4v) is 1.13. The first kappa shape index (κ1) is 9.57. The van der Waals surface area contributed by atoms with Crippen LogP contribution >= 0.6 is 0 Å². The Morgan fingerprint density at radius 1 is 1.85 bits per heavy atom. The molecule has 5 nitrogen and oxygen atoms in total. The van der Waals surface area contributed by atoms with Gasteiger partial charge < -0.3 is 10.8 Å². The normalized spacial score (nSPS) is 12.8. The zero-order chi connectivity index (χ0) is 10.0. The number of nitrogen functional groups attached to an aromatic ring is 1. The third kappa shape index (κ3) is 1.80. The predicted molar refractivity (Wildman–Crippen MR) is 48.3 cm³/mol. The molecule has 1 aromatic heterocycles. The van der Waals surface area contributed by atoms with Gasteiger partial charge in [-0.3, -0.25) is 4.68 Å². The minimum absolute atomic E-state index is 0.389. The number of carboxylic acids is 1. The van der Waals surface area contributed by atoms with Crippen LogP contribution in [0.1, 0.15) is 24.9 Å². The van der Waals surface area contributed by atoms with Crippen molar-refractivity contribution in [1.29, 1.82) is 0 Å². The highest BCUT2D eigenvalue weighted by molar-refractivity contribution is 5.71. The lowest BCUT2D eigenvalue weighted by atomic mass is 10.2. The van der Waals surface area contributed by atoms with Gasteiger partial charge in [0.2, 0.25) is 0 Å². The number of aromatic nitrogens is 2. The summed E-state index contributed by atoms with van der Waals surface area (Å²) in [5, 5.41) is 12.7.